The van der Waals surface area contributed by atoms with Gasteiger partial charge in [-0.1, -0.05) is 181 Å². The maximum Gasteiger partial charge on any atom is 0.0540 e. The van der Waals surface area contributed by atoms with Gasteiger partial charge in [0.1, 0.15) is 0 Å². The summed E-state index contributed by atoms with van der Waals surface area (Å²) in [5, 5.41) is 0. The van der Waals surface area contributed by atoms with Crippen LogP contribution in [0.4, 0.5) is 34.1 Å². The first-order valence-corrected chi connectivity index (χ1v) is 22.9. The number of fused-ring (bicyclic) bond motifs is 3. The van der Waals surface area contributed by atoms with E-state index in [1.54, 1.807) is 0 Å². The summed E-state index contributed by atoms with van der Waals surface area (Å²) in [6.07, 6.45) is 4.72. The van der Waals surface area contributed by atoms with Crippen molar-refractivity contribution in [2.45, 2.75) is 71.1 Å². The Balaban J connectivity index is 1.09. The van der Waals surface area contributed by atoms with E-state index in [-0.39, 0.29) is 16.2 Å². The highest BCUT2D eigenvalue weighted by Gasteiger charge is 2.43. The summed E-state index contributed by atoms with van der Waals surface area (Å²) in [7, 11) is 0. The van der Waals surface area contributed by atoms with E-state index in [1.165, 1.54) is 68.7 Å². The molecule has 1 fully saturated rings. The maximum absolute atomic E-state index is 2.49. The summed E-state index contributed by atoms with van der Waals surface area (Å²) in [6, 6.07) is 76.6. The lowest BCUT2D eigenvalue weighted by Gasteiger charge is -2.46. The maximum atomic E-state index is 2.49. The number of hydrogen-bond donors (Lipinski definition) is 0. The van der Waals surface area contributed by atoms with Crippen LogP contribution in [0.1, 0.15) is 82.6 Å². The number of anilines is 6. The van der Waals surface area contributed by atoms with Crippen LogP contribution < -0.4 is 9.80 Å². The number of nitrogens with zero attached hydrogens (tertiary/aromatic N) is 2. The predicted octanol–water partition coefficient (Wildman–Crippen LogP) is 17.1. The Morgan fingerprint density at radius 3 is 1.52 bits per heavy atom. The van der Waals surface area contributed by atoms with Crippen molar-refractivity contribution in [2.75, 3.05) is 9.80 Å². The summed E-state index contributed by atoms with van der Waals surface area (Å²) in [4.78, 5) is 4.86. The van der Waals surface area contributed by atoms with Gasteiger partial charge in [0.15, 0.2) is 0 Å². The third kappa shape index (κ3) is 7.36. The summed E-state index contributed by atoms with van der Waals surface area (Å²) in [5.41, 5.74) is 17.6. The van der Waals surface area contributed by atoms with Gasteiger partial charge in [0.2, 0.25) is 0 Å². The molecule has 0 bridgehead atoms. The zero-order chi connectivity index (χ0) is 43.2. The molecule has 8 aromatic carbocycles. The average molecular weight is 819 g/mol. The molecule has 63 heavy (non-hydrogen) atoms. The number of para-hydroxylation sites is 3. The monoisotopic (exact) mass is 818 g/mol. The Morgan fingerprint density at radius 2 is 0.921 bits per heavy atom. The summed E-state index contributed by atoms with van der Waals surface area (Å²) in [5.74, 6) is 0.601. The molecule has 2 atom stereocenters. The van der Waals surface area contributed by atoms with E-state index >= 15 is 0 Å². The van der Waals surface area contributed by atoms with Gasteiger partial charge >= 0.3 is 0 Å². The van der Waals surface area contributed by atoms with Gasteiger partial charge in [-0.3, -0.25) is 0 Å². The Hall–Kier alpha value is -6.64. The molecule has 0 amide bonds. The molecule has 0 aliphatic heterocycles. The highest BCUT2D eigenvalue weighted by atomic mass is 15.1. The van der Waals surface area contributed by atoms with Crippen LogP contribution in [0.2, 0.25) is 0 Å². The van der Waals surface area contributed by atoms with Gasteiger partial charge in [-0.25, -0.2) is 0 Å². The Labute approximate surface area is 375 Å². The van der Waals surface area contributed by atoms with Gasteiger partial charge in [0.05, 0.1) is 5.69 Å². The van der Waals surface area contributed by atoms with Crippen LogP contribution in [-0.2, 0) is 10.8 Å². The van der Waals surface area contributed by atoms with Gasteiger partial charge in [-0.05, 0) is 136 Å². The molecule has 0 radical (unpaired) electrons. The van der Waals surface area contributed by atoms with Gasteiger partial charge in [0.25, 0.3) is 0 Å². The second-order valence-corrected chi connectivity index (χ2v) is 19.5. The van der Waals surface area contributed by atoms with E-state index in [0.717, 1.165) is 35.6 Å². The molecule has 0 heterocycles. The van der Waals surface area contributed by atoms with E-state index < -0.39 is 0 Å². The largest absolute Gasteiger partial charge is 0.311 e. The lowest BCUT2D eigenvalue weighted by Crippen LogP contribution is -2.38. The molecule has 0 saturated heterocycles. The molecular formula is C61H58N2. The van der Waals surface area contributed by atoms with Crippen LogP contribution in [0.5, 0.6) is 0 Å². The molecule has 8 aromatic rings. The molecule has 0 N–H and O–H groups in total. The van der Waals surface area contributed by atoms with Crippen molar-refractivity contribution in [1.82, 2.24) is 0 Å². The standard InChI is InChI=1S/C61H58N2/c1-59(2,3)47-22-19-41-61(43-47,45-31-35-50(36-32-45)62(48-23-11-7-12-24-48)49-25-13-8-14-26-49)46-33-37-51(38-34-46)63(58-30-18-16-27-53(58)44-20-9-6-10-21-44)52-39-40-55-54-28-15-17-29-56(54)60(4,5)57(55)42-52/h6-18,20-21,23-40,42,47H,19,22,41,43H2,1-5H3. The summed E-state index contributed by atoms with van der Waals surface area (Å²) in [6.45, 7) is 12.1. The van der Waals surface area contributed by atoms with Crippen molar-refractivity contribution in [2.24, 2.45) is 11.3 Å². The lowest BCUT2D eigenvalue weighted by atomic mass is 9.58. The van der Waals surface area contributed by atoms with E-state index in [0.29, 0.717) is 5.92 Å². The minimum absolute atomic E-state index is 0.109. The van der Waals surface area contributed by atoms with E-state index in [4.69, 9.17) is 0 Å². The zero-order valence-corrected chi connectivity index (χ0v) is 37.4. The van der Waals surface area contributed by atoms with Crippen LogP contribution in [0, 0.1) is 11.3 Å². The topological polar surface area (TPSA) is 6.48 Å². The van der Waals surface area contributed by atoms with E-state index in [9.17, 15) is 0 Å². The molecule has 2 aliphatic rings. The number of rotatable bonds is 9. The van der Waals surface area contributed by atoms with Crippen molar-refractivity contribution in [3.05, 3.63) is 229 Å². The second-order valence-electron chi connectivity index (χ2n) is 19.5. The first-order chi connectivity index (χ1) is 30.6. The molecular weight excluding hydrogens is 761 g/mol. The first-order valence-electron chi connectivity index (χ1n) is 22.9. The quantitative estimate of drug-likeness (QED) is 0.143. The van der Waals surface area contributed by atoms with Gasteiger partial charge < -0.3 is 9.80 Å². The van der Waals surface area contributed by atoms with Crippen LogP contribution in [0.3, 0.4) is 0 Å². The Bertz CT molecular complexity index is 2800. The van der Waals surface area contributed by atoms with E-state index in [2.05, 4.69) is 251 Å². The van der Waals surface area contributed by atoms with Gasteiger partial charge in [-0.2, -0.15) is 0 Å². The summed E-state index contributed by atoms with van der Waals surface area (Å²) >= 11 is 0. The number of benzene rings is 8. The fourth-order valence-electron chi connectivity index (χ4n) is 11.0. The highest BCUT2D eigenvalue weighted by molar-refractivity contribution is 5.90. The molecule has 2 nitrogen and oxygen atoms in total. The average Bonchev–Trinajstić information content (AvgIpc) is 3.55. The van der Waals surface area contributed by atoms with Gasteiger partial charge in [0, 0.05) is 44.8 Å². The molecule has 0 spiro atoms. The van der Waals surface area contributed by atoms with Crippen molar-refractivity contribution < 1.29 is 0 Å². The molecule has 2 heteroatoms. The molecule has 10 rings (SSSR count). The smallest absolute Gasteiger partial charge is 0.0540 e. The SMILES string of the molecule is CC1(C)c2ccccc2-c2ccc(N(c3ccc(C4(c5ccc(N(c6ccccc6)c6ccccc6)cc5)CCCC(C(C)(C)C)C4)cc3)c3ccccc3-c3ccccc3)cc21. The van der Waals surface area contributed by atoms with Gasteiger partial charge in [-0.15, -0.1) is 0 Å². The van der Waals surface area contributed by atoms with Crippen LogP contribution in [0.15, 0.2) is 206 Å². The third-order valence-corrected chi connectivity index (χ3v) is 14.4. The third-order valence-electron chi connectivity index (χ3n) is 14.4. The molecule has 1 saturated carbocycles. The fourth-order valence-corrected chi connectivity index (χ4v) is 11.0. The minimum Gasteiger partial charge on any atom is -0.311 e. The Kier molecular flexibility index (Phi) is 10.4. The first kappa shape index (κ1) is 40.4. The molecule has 312 valence electrons. The van der Waals surface area contributed by atoms with Crippen LogP contribution in [-0.4, -0.2) is 0 Å². The Morgan fingerprint density at radius 1 is 0.444 bits per heavy atom. The molecule has 0 aromatic heterocycles. The molecule has 2 aliphatic carbocycles. The number of hydrogen-bond acceptors (Lipinski definition) is 2. The summed E-state index contributed by atoms with van der Waals surface area (Å²) < 4.78 is 0. The van der Waals surface area contributed by atoms with Crippen molar-refractivity contribution in [1.29, 1.82) is 0 Å². The minimum atomic E-state index is -0.117. The zero-order valence-electron chi connectivity index (χ0n) is 37.4. The normalized spacial score (nSPS) is 17.7. The van der Waals surface area contributed by atoms with Crippen molar-refractivity contribution in [3.63, 3.8) is 0 Å². The highest BCUT2D eigenvalue weighted by Crippen LogP contribution is 2.54. The fraction of sp³-hybridized carbons (Fsp3) is 0.213. The van der Waals surface area contributed by atoms with Crippen molar-refractivity contribution >= 4 is 34.1 Å². The van der Waals surface area contributed by atoms with Crippen LogP contribution in [0.25, 0.3) is 22.3 Å². The van der Waals surface area contributed by atoms with Crippen molar-refractivity contribution in [3.8, 4) is 22.3 Å². The molecule has 2 unspecified atom stereocenters. The second kappa shape index (κ2) is 16.2. The lowest BCUT2D eigenvalue weighted by molar-refractivity contribution is 0.137. The van der Waals surface area contributed by atoms with Crippen LogP contribution >= 0.6 is 0 Å². The van der Waals surface area contributed by atoms with E-state index in [1.807, 2.05) is 0 Å². The predicted molar refractivity (Wildman–Crippen MR) is 267 cm³/mol.